The van der Waals surface area contributed by atoms with Crippen molar-refractivity contribution in [3.05, 3.63) is 57.4 Å². The summed E-state index contributed by atoms with van der Waals surface area (Å²) in [5, 5.41) is 8.83. The lowest BCUT2D eigenvalue weighted by Gasteiger charge is -2.04. The number of nitrogens with one attached hydrogen (secondary N) is 1. The summed E-state index contributed by atoms with van der Waals surface area (Å²) < 4.78 is 0. The van der Waals surface area contributed by atoms with Crippen LogP contribution >= 0.6 is 0 Å². The molecule has 0 bridgehead atoms. The van der Waals surface area contributed by atoms with Crippen molar-refractivity contribution in [2.75, 3.05) is 0 Å². The van der Waals surface area contributed by atoms with E-state index < -0.39 is 0 Å². The number of rotatable bonds is 1. The van der Waals surface area contributed by atoms with E-state index in [1.54, 1.807) is 6.92 Å². The third-order valence-electron chi connectivity index (χ3n) is 2.70. The number of benzene rings is 1. The van der Waals surface area contributed by atoms with Crippen LogP contribution in [-0.2, 0) is 0 Å². The second-order valence-corrected chi connectivity index (χ2v) is 4.05. The normalized spacial score (nSPS) is 9.94. The van der Waals surface area contributed by atoms with Gasteiger partial charge in [0.05, 0.1) is 0 Å². The SMILES string of the molecule is Cc1ccc(-c2cc(C)c(C#N)c(=O)[nH]2)cc1. The largest absolute Gasteiger partial charge is 0.321 e. The fourth-order valence-electron chi connectivity index (χ4n) is 1.72. The van der Waals surface area contributed by atoms with Gasteiger partial charge in [-0.1, -0.05) is 29.8 Å². The highest BCUT2D eigenvalue weighted by Crippen LogP contribution is 2.18. The zero-order valence-corrected chi connectivity index (χ0v) is 9.74. The molecule has 0 aliphatic heterocycles. The number of pyridine rings is 1. The summed E-state index contributed by atoms with van der Waals surface area (Å²) in [7, 11) is 0. The maximum absolute atomic E-state index is 11.7. The van der Waals surface area contributed by atoms with E-state index in [-0.39, 0.29) is 11.1 Å². The number of aryl methyl sites for hydroxylation is 2. The standard InChI is InChI=1S/C14H12N2O/c1-9-3-5-11(6-4-9)13-7-10(2)12(8-15)14(17)16-13/h3-7H,1-2H3,(H,16,17). The summed E-state index contributed by atoms with van der Waals surface area (Å²) in [5.41, 5.74) is 3.41. The van der Waals surface area contributed by atoms with Gasteiger partial charge in [0, 0.05) is 5.69 Å². The van der Waals surface area contributed by atoms with E-state index in [1.807, 2.05) is 43.3 Å². The summed E-state index contributed by atoms with van der Waals surface area (Å²) >= 11 is 0. The lowest BCUT2D eigenvalue weighted by atomic mass is 10.1. The van der Waals surface area contributed by atoms with Crippen LogP contribution in [0.1, 0.15) is 16.7 Å². The Labute approximate surface area is 99.4 Å². The van der Waals surface area contributed by atoms with Crippen LogP contribution in [0.2, 0.25) is 0 Å². The Morgan fingerprint density at radius 3 is 2.35 bits per heavy atom. The minimum Gasteiger partial charge on any atom is -0.321 e. The molecule has 0 fully saturated rings. The Morgan fingerprint density at radius 1 is 1.18 bits per heavy atom. The van der Waals surface area contributed by atoms with Crippen LogP contribution in [-0.4, -0.2) is 4.98 Å². The molecular weight excluding hydrogens is 212 g/mol. The van der Waals surface area contributed by atoms with E-state index >= 15 is 0 Å². The van der Waals surface area contributed by atoms with E-state index in [0.717, 1.165) is 11.3 Å². The maximum Gasteiger partial charge on any atom is 0.266 e. The summed E-state index contributed by atoms with van der Waals surface area (Å²) in [5.74, 6) is 0. The van der Waals surface area contributed by atoms with Gasteiger partial charge < -0.3 is 4.98 Å². The molecule has 1 N–H and O–H groups in total. The van der Waals surface area contributed by atoms with Gasteiger partial charge in [-0.05, 0) is 31.0 Å². The summed E-state index contributed by atoms with van der Waals surface area (Å²) in [6.45, 7) is 3.78. The minimum atomic E-state index is -0.330. The molecule has 0 atom stereocenters. The number of hydrogen-bond acceptors (Lipinski definition) is 2. The van der Waals surface area contributed by atoms with Crippen LogP contribution in [0.3, 0.4) is 0 Å². The fourth-order valence-corrected chi connectivity index (χ4v) is 1.72. The highest BCUT2D eigenvalue weighted by molar-refractivity contribution is 5.61. The molecule has 0 radical (unpaired) electrons. The van der Waals surface area contributed by atoms with Crippen LogP contribution in [0.4, 0.5) is 0 Å². The van der Waals surface area contributed by atoms with Crippen molar-refractivity contribution in [3.63, 3.8) is 0 Å². The van der Waals surface area contributed by atoms with Crippen molar-refractivity contribution < 1.29 is 0 Å². The van der Waals surface area contributed by atoms with Crippen LogP contribution in [0.5, 0.6) is 0 Å². The van der Waals surface area contributed by atoms with Gasteiger partial charge in [-0.2, -0.15) is 5.26 Å². The first-order chi connectivity index (χ1) is 8.11. The zero-order valence-electron chi connectivity index (χ0n) is 9.74. The van der Waals surface area contributed by atoms with Gasteiger partial charge in [0.1, 0.15) is 11.6 Å². The van der Waals surface area contributed by atoms with E-state index in [4.69, 9.17) is 5.26 Å². The lowest BCUT2D eigenvalue weighted by molar-refractivity contribution is 1.18. The molecule has 0 saturated heterocycles. The smallest absolute Gasteiger partial charge is 0.266 e. The summed E-state index contributed by atoms with van der Waals surface area (Å²) in [4.78, 5) is 14.4. The molecule has 2 aromatic rings. The van der Waals surface area contributed by atoms with Gasteiger partial charge in [0.25, 0.3) is 5.56 Å². The Balaban J connectivity index is 2.59. The first kappa shape index (κ1) is 11.2. The molecule has 17 heavy (non-hydrogen) atoms. The van der Waals surface area contributed by atoms with Gasteiger partial charge in [0.2, 0.25) is 0 Å². The summed E-state index contributed by atoms with van der Waals surface area (Å²) in [6, 6.07) is 11.6. The third-order valence-corrected chi connectivity index (χ3v) is 2.70. The predicted octanol–water partition coefficient (Wildman–Crippen LogP) is 2.53. The van der Waals surface area contributed by atoms with Gasteiger partial charge in [-0.25, -0.2) is 0 Å². The second kappa shape index (κ2) is 4.26. The molecule has 1 aromatic carbocycles. The molecule has 3 nitrogen and oxygen atoms in total. The van der Waals surface area contributed by atoms with Crippen molar-refractivity contribution in [2.24, 2.45) is 0 Å². The molecule has 84 valence electrons. The molecule has 0 amide bonds. The van der Waals surface area contributed by atoms with Crippen molar-refractivity contribution in [1.29, 1.82) is 5.26 Å². The van der Waals surface area contributed by atoms with Crippen molar-refractivity contribution >= 4 is 0 Å². The number of aromatic nitrogens is 1. The minimum absolute atomic E-state index is 0.181. The van der Waals surface area contributed by atoms with E-state index in [2.05, 4.69) is 4.98 Å². The molecule has 0 spiro atoms. The monoisotopic (exact) mass is 224 g/mol. The van der Waals surface area contributed by atoms with Crippen LogP contribution in [0.25, 0.3) is 11.3 Å². The maximum atomic E-state index is 11.7. The molecular formula is C14H12N2O. The van der Waals surface area contributed by atoms with Gasteiger partial charge in [0.15, 0.2) is 0 Å². The topological polar surface area (TPSA) is 56.6 Å². The average molecular weight is 224 g/mol. The molecule has 0 aliphatic rings. The molecule has 0 saturated carbocycles. The zero-order chi connectivity index (χ0) is 12.4. The van der Waals surface area contributed by atoms with E-state index in [0.29, 0.717) is 5.56 Å². The number of nitriles is 1. The molecule has 0 aliphatic carbocycles. The number of aromatic amines is 1. The highest BCUT2D eigenvalue weighted by Gasteiger charge is 2.06. The predicted molar refractivity (Wildman–Crippen MR) is 66.7 cm³/mol. The Hall–Kier alpha value is -2.34. The van der Waals surface area contributed by atoms with Crippen molar-refractivity contribution in [3.8, 4) is 17.3 Å². The van der Waals surface area contributed by atoms with Crippen LogP contribution in [0, 0.1) is 25.2 Å². The molecule has 1 heterocycles. The van der Waals surface area contributed by atoms with Gasteiger partial charge >= 0.3 is 0 Å². The molecule has 2 rings (SSSR count). The number of hydrogen-bond donors (Lipinski definition) is 1. The first-order valence-electron chi connectivity index (χ1n) is 5.33. The average Bonchev–Trinajstić information content (AvgIpc) is 2.29. The molecule has 1 aromatic heterocycles. The molecule has 0 unspecified atom stereocenters. The fraction of sp³-hybridized carbons (Fsp3) is 0.143. The highest BCUT2D eigenvalue weighted by atomic mass is 16.1. The van der Waals surface area contributed by atoms with Crippen molar-refractivity contribution in [2.45, 2.75) is 13.8 Å². The van der Waals surface area contributed by atoms with Crippen LogP contribution in [0.15, 0.2) is 35.1 Å². The van der Waals surface area contributed by atoms with Gasteiger partial charge in [-0.15, -0.1) is 0 Å². The first-order valence-corrected chi connectivity index (χ1v) is 5.33. The third kappa shape index (κ3) is 2.11. The lowest BCUT2D eigenvalue weighted by Crippen LogP contribution is -2.12. The Kier molecular flexibility index (Phi) is 2.80. The van der Waals surface area contributed by atoms with Crippen LogP contribution < -0.4 is 5.56 Å². The Morgan fingerprint density at radius 2 is 1.82 bits per heavy atom. The summed E-state index contributed by atoms with van der Waals surface area (Å²) in [6.07, 6.45) is 0. The van der Waals surface area contributed by atoms with E-state index in [1.165, 1.54) is 5.56 Å². The van der Waals surface area contributed by atoms with Crippen molar-refractivity contribution in [1.82, 2.24) is 4.98 Å². The number of nitrogens with zero attached hydrogens (tertiary/aromatic N) is 1. The molecule has 3 heteroatoms. The number of H-pyrrole nitrogens is 1. The quantitative estimate of drug-likeness (QED) is 0.809. The van der Waals surface area contributed by atoms with E-state index in [9.17, 15) is 4.79 Å². The second-order valence-electron chi connectivity index (χ2n) is 4.05. The van der Waals surface area contributed by atoms with Gasteiger partial charge in [-0.3, -0.25) is 4.79 Å². The Bertz CT molecular complexity index is 645.